The zero-order valence-corrected chi connectivity index (χ0v) is 6.01. The molecular formula is C7H10N2O2. The lowest BCUT2D eigenvalue weighted by Gasteiger charge is -1.95. The maximum Gasteiger partial charge on any atom is 0.163 e. The summed E-state index contributed by atoms with van der Waals surface area (Å²) in [5, 5.41) is 17.5. The Morgan fingerprint density at radius 3 is 2.91 bits per heavy atom. The van der Waals surface area contributed by atoms with Crippen LogP contribution in [-0.2, 0) is 0 Å². The topological polar surface area (TPSA) is 57.8 Å². The molecule has 0 unspecified atom stereocenters. The Balaban J connectivity index is 2.93. The summed E-state index contributed by atoms with van der Waals surface area (Å²) in [5.41, 5.74) is 0.446. The molecule has 1 rings (SSSR count). The van der Waals surface area contributed by atoms with Crippen molar-refractivity contribution in [1.82, 2.24) is 4.73 Å². The molecule has 0 aromatic carbocycles. The van der Waals surface area contributed by atoms with Crippen LogP contribution in [0.3, 0.4) is 0 Å². The molecule has 0 amide bonds. The fourth-order valence-corrected chi connectivity index (χ4v) is 0.715. The fraction of sp³-hybridized carbons (Fsp3) is 0.286. The van der Waals surface area contributed by atoms with Crippen LogP contribution in [0.4, 0.5) is 0 Å². The first-order valence-corrected chi connectivity index (χ1v) is 3.33. The SMILES string of the molecule is OCCN=c1ccccn1O. The molecule has 1 aromatic rings. The maximum atomic E-state index is 9.08. The molecule has 0 saturated carbocycles. The lowest BCUT2D eigenvalue weighted by molar-refractivity contribution is 0.171. The van der Waals surface area contributed by atoms with E-state index in [1.54, 1.807) is 18.2 Å². The highest BCUT2D eigenvalue weighted by molar-refractivity contribution is 4.90. The predicted molar refractivity (Wildman–Crippen MR) is 39.1 cm³/mol. The number of hydrogen-bond acceptors (Lipinski definition) is 3. The van der Waals surface area contributed by atoms with E-state index < -0.39 is 0 Å². The first-order valence-electron chi connectivity index (χ1n) is 3.33. The average Bonchev–Trinajstić information content (AvgIpc) is 2.03. The van der Waals surface area contributed by atoms with Crippen LogP contribution in [0, 0.1) is 0 Å². The number of aromatic nitrogens is 1. The minimum absolute atomic E-state index is 0.00507. The van der Waals surface area contributed by atoms with Crippen molar-refractivity contribution in [3.8, 4) is 0 Å². The number of aliphatic hydroxyl groups excluding tert-OH is 1. The van der Waals surface area contributed by atoms with Crippen LogP contribution in [0.25, 0.3) is 0 Å². The van der Waals surface area contributed by atoms with Gasteiger partial charge in [-0.15, -0.1) is 0 Å². The first kappa shape index (κ1) is 7.81. The van der Waals surface area contributed by atoms with Gasteiger partial charge in [-0.25, -0.2) is 0 Å². The minimum Gasteiger partial charge on any atom is -0.427 e. The Kier molecular flexibility index (Phi) is 2.68. The van der Waals surface area contributed by atoms with Gasteiger partial charge in [0.25, 0.3) is 0 Å². The van der Waals surface area contributed by atoms with Crippen LogP contribution in [-0.4, -0.2) is 28.2 Å². The second-order valence-electron chi connectivity index (χ2n) is 2.01. The summed E-state index contributed by atoms with van der Waals surface area (Å²) >= 11 is 0. The molecule has 0 radical (unpaired) electrons. The van der Waals surface area contributed by atoms with Crippen molar-refractivity contribution in [2.24, 2.45) is 4.99 Å². The van der Waals surface area contributed by atoms with Gasteiger partial charge in [0.15, 0.2) is 5.49 Å². The van der Waals surface area contributed by atoms with E-state index in [0.29, 0.717) is 12.0 Å². The predicted octanol–water partition coefficient (Wildman–Crippen LogP) is -0.382. The van der Waals surface area contributed by atoms with Crippen molar-refractivity contribution >= 4 is 0 Å². The van der Waals surface area contributed by atoms with Gasteiger partial charge in [0, 0.05) is 6.20 Å². The quantitative estimate of drug-likeness (QED) is 0.570. The van der Waals surface area contributed by atoms with Crippen molar-refractivity contribution in [2.75, 3.05) is 13.2 Å². The summed E-state index contributed by atoms with van der Waals surface area (Å²) in [6.45, 7) is 0.305. The van der Waals surface area contributed by atoms with Gasteiger partial charge in [-0.1, -0.05) is 6.07 Å². The zero-order valence-electron chi connectivity index (χ0n) is 6.01. The second kappa shape index (κ2) is 3.78. The smallest absolute Gasteiger partial charge is 0.163 e. The highest BCUT2D eigenvalue weighted by Gasteiger charge is 1.84. The molecule has 0 aliphatic heterocycles. The highest BCUT2D eigenvalue weighted by atomic mass is 16.5. The Labute approximate surface area is 64.0 Å². The monoisotopic (exact) mass is 154 g/mol. The summed E-state index contributed by atoms with van der Waals surface area (Å²) in [4.78, 5) is 3.89. The number of nitrogens with zero attached hydrogens (tertiary/aromatic N) is 2. The molecule has 0 aliphatic carbocycles. The molecule has 4 heteroatoms. The number of hydrogen-bond donors (Lipinski definition) is 2. The van der Waals surface area contributed by atoms with E-state index in [-0.39, 0.29) is 6.61 Å². The van der Waals surface area contributed by atoms with Crippen LogP contribution in [0.5, 0.6) is 0 Å². The van der Waals surface area contributed by atoms with Crippen molar-refractivity contribution in [1.29, 1.82) is 0 Å². The number of aliphatic hydroxyl groups is 1. The zero-order chi connectivity index (χ0) is 8.10. The number of rotatable bonds is 2. The van der Waals surface area contributed by atoms with Crippen LogP contribution < -0.4 is 5.49 Å². The standard InChI is InChI=1S/C7H10N2O2/c10-6-4-8-7-3-1-2-5-9(7)11/h1-3,5,10-11H,4,6H2. The van der Waals surface area contributed by atoms with Crippen LogP contribution in [0.1, 0.15) is 0 Å². The third kappa shape index (κ3) is 2.09. The van der Waals surface area contributed by atoms with Gasteiger partial charge in [0.05, 0.1) is 13.2 Å². The van der Waals surface area contributed by atoms with E-state index in [9.17, 15) is 0 Å². The minimum atomic E-state index is -0.00507. The van der Waals surface area contributed by atoms with Crippen LogP contribution in [0.15, 0.2) is 29.4 Å². The first-order chi connectivity index (χ1) is 5.34. The highest BCUT2D eigenvalue weighted by Crippen LogP contribution is 1.75. The normalized spacial score (nSPS) is 11.9. The van der Waals surface area contributed by atoms with E-state index in [1.165, 1.54) is 6.20 Å². The van der Waals surface area contributed by atoms with Gasteiger partial charge in [0.1, 0.15) is 0 Å². The molecule has 2 N–H and O–H groups in total. The Morgan fingerprint density at radius 2 is 2.27 bits per heavy atom. The summed E-state index contributed by atoms with van der Waals surface area (Å²) in [7, 11) is 0. The Hall–Kier alpha value is -1.29. The van der Waals surface area contributed by atoms with Gasteiger partial charge < -0.3 is 10.3 Å². The molecule has 0 saturated heterocycles. The molecule has 1 aromatic heterocycles. The summed E-state index contributed by atoms with van der Waals surface area (Å²) in [5.74, 6) is 0. The Morgan fingerprint density at radius 1 is 1.45 bits per heavy atom. The van der Waals surface area contributed by atoms with Crippen molar-refractivity contribution in [3.05, 3.63) is 29.9 Å². The van der Waals surface area contributed by atoms with E-state index in [0.717, 1.165) is 4.73 Å². The third-order valence-corrected chi connectivity index (χ3v) is 1.19. The van der Waals surface area contributed by atoms with Crippen molar-refractivity contribution in [2.45, 2.75) is 0 Å². The van der Waals surface area contributed by atoms with Gasteiger partial charge in [-0.2, -0.15) is 4.73 Å². The van der Waals surface area contributed by atoms with Crippen LogP contribution >= 0.6 is 0 Å². The molecule has 0 spiro atoms. The molecule has 4 nitrogen and oxygen atoms in total. The summed E-state index contributed by atoms with van der Waals surface area (Å²) < 4.78 is 0.912. The van der Waals surface area contributed by atoms with Gasteiger partial charge >= 0.3 is 0 Å². The van der Waals surface area contributed by atoms with Crippen LogP contribution in [0.2, 0.25) is 0 Å². The third-order valence-electron chi connectivity index (χ3n) is 1.19. The maximum absolute atomic E-state index is 9.08. The van der Waals surface area contributed by atoms with E-state index in [4.69, 9.17) is 10.3 Å². The van der Waals surface area contributed by atoms with E-state index in [1.807, 2.05) is 0 Å². The molecule has 11 heavy (non-hydrogen) atoms. The molecule has 0 atom stereocenters. The molecule has 0 aliphatic rings. The molecular weight excluding hydrogens is 144 g/mol. The van der Waals surface area contributed by atoms with E-state index in [2.05, 4.69) is 4.99 Å². The Bertz CT molecular complexity index is 280. The molecule has 1 heterocycles. The lowest BCUT2D eigenvalue weighted by atomic mass is 10.5. The molecule has 0 bridgehead atoms. The molecule has 0 fully saturated rings. The summed E-state index contributed by atoms with van der Waals surface area (Å²) in [6, 6.07) is 5.12. The van der Waals surface area contributed by atoms with Crippen molar-refractivity contribution in [3.63, 3.8) is 0 Å². The van der Waals surface area contributed by atoms with Crippen molar-refractivity contribution < 1.29 is 10.3 Å². The van der Waals surface area contributed by atoms with Gasteiger partial charge in [-0.3, -0.25) is 4.99 Å². The summed E-state index contributed by atoms with van der Waals surface area (Å²) in [6.07, 6.45) is 1.48. The fourth-order valence-electron chi connectivity index (χ4n) is 0.715. The van der Waals surface area contributed by atoms with Gasteiger partial charge in [-0.05, 0) is 12.1 Å². The lowest BCUT2D eigenvalue weighted by Crippen LogP contribution is -2.17. The second-order valence-corrected chi connectivity index (χ2v) is 2.01. The average molecular weight is 154 g/mol. The molecule has 60 valence electrons. The number of pyridine rings is 1. The van der Waals surface area contributed by atoms with Gasteiger partial charge in [0.2, 0.25) is 0 Å². The largest absolute Gasteiger partial charge is 0.427 e. The van der Waals surface area contributed by atoms with E-state index >= 15 is 0 Å².